The van der Waals surface area contributed by atoms with Crippen LogP contribution in [0.5, 0.6) is 0 Å². The molecule has 0 bridgehead atoms. The zero-order valence-electron chi connectivity index (χ0n) is 19.1. The van der Waals surface area contributed by atoms with Crippen LogP contribution in [0.2, 0.25) is 0 Å². The van der Waals surface area contributed by atoms with E-state index in [-0.39, 0.29) is 0 Å². The van der Waals surface area contributed by atoms with Crippen molar-refractivity contribution in [3.63, 3.8) is 0 Å². The molecule has 6 nitrogen and oxygen atoms in total. The van der Waals surface area contributed by atoms with Crippen LogP contribution in [0.4, 0.5) is 4.79 Å². The zero-order valence-corrected chi connectivity index (χ0v) is 19.1. The standard InChI is InChI=1S/C27H28N4O2/c1-27(2,3)33-26(32)30-17-18-9-11-20(12-10-18)25-21(19-7-5-4-6-8-19)15-22-23(31-25)13-14-29-24(22)16-28/h4-15H,16-17,28H2,1-3H3,(H,30,32). The molecule has 168 valence electrons. The van der Waals surface area contributed by atoms with Gasteiger partial charge in [0.15, 0.2) is 0 Å². The molecule has 0 aliphatic heterocycles. The quantitative estimate of drug-likeness (QED) is 0.431. The second kappa shape index (κ2) is 9.38. The molecule has 4 aromatic rings. The van der Waals surface area contributed by atoms with Crippen LogP contribution in [0.15, 0.2) is 72.9 Å². The Labute approximate surface area is 193 Å². The molecule has 33 heavy (non-hydrogen) atoms. The van der Waals surface area contributed by atoms with E-state index in [1.807, 2.05) is 69.3 Å². The number of carbonyl (C=O) groups is 1. The van der Waals surface area contributed by atoms with E-state index in [0.717, 1.165) is 44.5 Å². The molecule has 2 aromatic carbocycles. The normalized spacial score (nSPS) is 11.4. The van der Waals surface area contributed by atoms with Crippen LogP contribution < -0.4 is 11.1 Å². The van der Waals surface area contributed by atoms with Crippen LogP contribution in [-0.2, 0) is 17.8 Å². The summed E-state index contributed by atoms with van der Waals surface area (Å²) in [6.07, 6.45) is 1.31. The number of hydrogen-bond acceptors (Lipinski definition) is 5. The lowest BCUT2D eigenvalue weighted by atomic mass is 9.96. The first-order chi connectivity index (χ1) is 15.8. The third-order valence-corrected chi connectivity index (χ3v) is 5.17. The highest BCUT2D eigenvalue weighted by Gasteiger charge is 2.16. The second-order valence-corrected chi connectivity index (χ2v) is 8.83. The number of carbonyl (C=O) groups excluding carboxylic acids is 1. The molecule has 0 aliphatic carbocycles. The number of nitrogens with one attached hydrogen (secondary N) is 1. The fraction of sp³-hybridized carbons (Fsp3) is 0.222. The Kier molecular flexibility index (Phi) is 6.38. The number of nitrogens with two attached hydrogens (primary N) is 1. The molecule has 0 spiro atoms. The molecular weight excluding hydrogens is 412 g/mol. The molecule has 4 rings (SSSR count). The Morgan fingerprint density at radius 1 is 1.00 bits per heavy atom. The third kappa shape index (κ3) is 5.35. The van der Waals surface area contributed by atoms with Gasteiger partial charge in [0.25, 0.3) is 0 Å². The molecule has 0 radical (unpaired) electrons. The van der Waals surface area contributed by atoms with Crippen molar-refractivity contribution in [3.8, 4) is 22.4 Å². The number of alkyl carbamates (subject to hydrolysis) is 1. The van der Waals surface area contributed by atoms with Gasteiger partial charge in [0.1, 0.15) is 5.60 Å². The van der Waals surface area contributed by atoms with E-state index < -0.39 is 11.7 Å². The van der Waals surface area contributed by atoms with E-state index in [1.165, 1.54) is 0 Å². The van der Waals surface area contributed by atoms with Crippen LogP contribution in [0, 0.1) is 0 Å². The molecule has 3 N–H and O–H groups in total. The Morgan fingerprint density at radius 3 is 2.39 bits per heavy atom. The summed E-state index contributed by atoms with van der Waals surface area (Å²) < 4.78 is 5.30. The average Bonchev–Trinajstić information content (AvgIpc) is 2.81. The van der Waals surface area contributed by atoms with E-state index in [0.29, 0.717) is 13.1 Å². The molecule has 0 aliphatic rings. The minimum absolute atomic E-state index is 0.353. The summed E-state index contributed by atoms with van der Waals surface area (Å²) in [6.45, 7) is 6.27. The minimum Gasteiger partial charge on any atom is -0.444 e. The van der Waals surface area contributed by atoms with E-state index in [4.69, 9.17) is 15.5 Å². The SMILES string of the molecule is CC(C)(C)OC(=O)NCc1ccc(-c2nc3ccnc(CN)c3cc2-c2ccccc2)cc1. The van der Waals surface area contributed by atoms with E-state index >= 15 is 0 Å². The monoisotopic (exact) mass is 440 g/mol. The number of benzene rings is 2. The van der Waals surface area contributed by atoms with Crippen LogP contribution in [0.1, 0.15) is 32.0 Å². The smallest absolute Gasteiger partial charge is 0.407 e. The van der Waals surface area contributed by atoms with Crippen LogP contribution in [0.3, 0.4) is 0 Å². The summed E-state index contributed by atoms with van der Waals surface area (Å²) in [5, 5.41) is 3.75. The Balaban J connectivity index is 1.68. The van der Waals surface area contributed by atoms with Gasteiger partial charge in [-0.3, -0.25) is 4.98 Å². The Hall–Kier alpha value is -3.77. The van der Waals surface area contributed by atoms with Gasteiger partial charge < -0.3 is 15.8 Å². The van der Waals surface area contributed by atoms with Crippen LogP contribution in [0.25, 0.3) is 33.3 Å². The lowest BCUT2D eigenvalue weighted by Crippen LogP contribution is -2.32. The average molecular weight is 441 g/mol. The number of nitrogens with zero attached hydrogens (tertiary/aromatic N) is 2. The number of amides is 1. The molecule has 2 heterocycles. The third-order valence-electron chi connectivity index (χ3n) is 5.17. The van der Waals surface area contributed by atoms with Gasteiger partial charge in [0.05, 0.1) is 16.9 Å². The summed E-state index contributed by atoms with van der Waals surface area (Å²) in [7, 11) is 0. The molecule has 0 atom stereocenters. The van der Waals surface area contributed by atoms with Gasteiger partial charge in [-0.2, -0.15) is 0 Å². The van der Waals surface area contributed by atoms with Crippen molar-refractivity contribution < 1.29 is 9.53 Å². The lowest BCUT2D eigenvalue weighted by Gasteiger charge is -2.19. The highest BCUT2D eigenvalue weighted by Crippen LogP contribution is 2.34. The second-order valence-electron chi connectivity index (χ2n) is 8.83. The maximum atomic E-state index is 11.9. The van der Waals surface area contributed by atoms with Crippen molar-refractivity contribution in [3.05, 3.63) is 84.2 Å². The largest absolute Gasteiger partial charge is 0.444 e. The van der Waals surface area contributed by atoms with Gasteiger partial charge in [-0.05, 0) is 44.0 Å². The van der Waals surface area contributed by atoms with E-state index in [9.17, 15) is 4.79 Å². The van der Waals surface area contributed by atoms with Gasteiger partial charge in [-0.1, -0.05) is 54.6 Å². The number of ether oxygens (including phenoxy) is 1. The Morgan fingerprint density at radius 2 is 1.73 bits per heavy atom. The summed E-state index contributed by atoms with van der Waals surface area (Å²) in [5.41, 5.74) is 12.0. The van der Waals surface area contributed by atoms with Crippen molar-refractivity contribution in [2.24, 2.45) is 5.73 Å². The summed E-state index contributed by atoms with van der Waals surface area (Å²) in [5.74, 6) is 0. The minimum atomic E-state index is -0.525. The van der Waals surface area contributed by atoms with Crippen molar-refractivity contribution in [2.75, 3.05) is 0 Å². The van der Waals surface area contributed by atoms with Gasteiger partial charge in [0, 0.05) is 35.8 Å². The maximum absolute atomic E-state index is 11.9. The van der Waals surface area contributed by atoms with Crippen molar-refractivity contribution in [1.29, 1.82) is 0 Å². The predicted molar refractivity (Wildman–Crippen MR) is 131 cm³/mol. The summed E-state index contributed by atoms with van der Waals surface area (Å²) >= 11 is 0. The molecule has 2 aromatic heterocycles. The number of hydrogen-bond donors (Lipinski definition) is 2. The van der Waals surface area contributed by atoms with Gasteiger partial charge >= 0.3 is 6.09 Å². The number of pyridine rings is 2. The first kappa shape index (κ1) is 22.4. The van der Waals surface area contributed by atoms with Crippen molar-refractivity contribution in [1.82, 2.24) is 15.3 Å². The number of rotatable bonds is 5. The molecule has 6 heteroatoms. The van der Waals surface area contributed by atoms with Gasteiger partial charge in [-0.15, -0.1) is 0 Å². The molecule has 0 unspecified atom stereocenters. The topological polar surface area (TPSA) is 90.1 Å². The van der Waals surface area contributed by atoms with Crippen molar-refractivity contribution >= 4 is 17.0 Å². The van der Waals surface area contributed by atoms with E-state index in [2.05, 4.69) is 28.5 Å². The zero-order chi connectivity index (χ0) is 23.4. The van der Waals surface area contributed by atoms with Gasteiger partial charge in [0.2, 0.25) is 0 Å². The van der Waals surface area contributed by atoms with Crippen LogP contribution >= 0.6 is 0 Å². The maximum Gasteiger partial charge on any atom is 0.407 e. The van der Waals surface area contributed by atoms with Crippen molar-refractivity contribution in [2.45, 2.75) is 39.5 Å². The fourth-order valence-corrected chi connectivity index (χ4v) is 3.64. The first-order valence-corrected chi connectivity index (χ1v) is 10.9. The van der Waals surface area contributed by atoms with E-state index in [1.54, 1.807) is 6.20 Å². The number of fused-ring (bicyclic) bond motifs is 1. The first-order valence-electron chi connectivity index (χ1n) is 10.9. The highest BCUT2D eigenvalue weighted by atomic mass is 16.6. The van der Waals surface area contributed by atoms with Crippen LogP contribution in [-0.4, -0.2) is 21.7 Å². The summed E-state index contributed by atoms with van der Waals surface area (Å²) in [6, 6.07) is 22.2. The molecule has 0 saturated heterocycles. The predicted octanol–water partition coefficient (Wildman–Crippen LogP) is 5.45. The summed E-state index contributed by atoms with van der Waals surface area (Å²) in [4.78, 5) is 21.4. The molecule has 1 amide bonds. The molecular formula is C27H28N4O2. The highest BCUT2D eigenvalue weighted by molar-refractivity contribution is 5.92. The molecule has 0 saturated carbocycles. The Bertz CT molecular complexity index is 1260. The number of aromatic nitrogens is 2. The molecule has 0 fully saturated rings. The fourth-order valence-electron chi connectivity index (χ4n) is 3.64. The lowest BCUT2D eigenvalue weighted by molar-refractivity contribution is 0.0523. The van der Waals surface area contributed by atoms with Gasteiger partial charge in [-0.25, -0.2) is 9.78 Å².